The lowest BCUT2D eigenvalue weighted by Crippen LogP contribution is -2.64. The minimum atomic E-state index is 0.365. The van der Waals surface area contributed by atoms with E-state index < -0.39 is 0 Å². The topological polar surface area (TPSA) is 6.48 Å². The normalized spacial score (nSPS) is 26.7. The van der Waals surface area contributed by atoms with Gasteiger partial charge in [-0.05, 0) is 20.8 Å². The molecule has 0 N–H and O–H groups in total. The van der Waals surface area contributed by atoms with Crippen LogP contribution < -0.4 is 0 Å². The van der Waals surface area contributed by atoms with E-state index >= 15 is 0 Å². The van der Waals surface area contributed by atoms with Crippen LogP contribution in [0.4, 0.5) is 0 Å². The molecule has 0 aromatic rings. The van der Waals surface area contributed by atoms with Gasteiger partial charge in [0, 0.05) is 37.8 Å². The second-order valence-corrected chi connectivity index (χ2v) is 5.15. The molecule has 1 saturated heterocycles. The third-order valence-corrected chi connectivity index (χ3v) is 3.17. The van der Waals surface area contributed by atoms with Gasteiger partial charge in [0.2, 0.25) is 0 Å². The first-order valence-electron chi connectivity index (χ1n) is 5.21. The molecule has 0 unspecified atom stereocenters. The van der Waals surface area contributed by atoms with Gasteiger partial charge in [0.05, 0.1) is 0 Å². The highest BCUT2D eigenvalue weighted by Crippen LogP contribution is 2.24. The van der Waals surface area contributed by atoms with Crippen LogP contribution in [0.1, 0.15) is 20.8 Å². The lowest BCUT2D eigenvalue weighted by Gasteiger charge is -2.50. The summed E-state index contributed by atoms with van der Waals surface area (Å²) < 4.78 is 0. The quantitative estimate of drug-likeness (QED) is 0.562. The SMILES string of the molecule is CC(C)(C)N1CC(N2CC=CC2)C1. The summed E-state index contributed by atoms with van der Waals surface area (Å²) in [5.74, 6) is 0. The number of rotatable bonds is 1. The van der Waals surface area contributed by atoms with Gasteiger partial charge in [-0.3, -0.25) is 9.80 Å². The van der Waals surface area contributed by atoms with Gasteiger partial charge >= 0.3 is 0 Å². The fourth-order valence-corrected chi connectivity index (χ4v) is 2.03. The average molecular weight is 180 g/mol. The van der Waals surface area contributed by atoms with E-state index in [4.69, 9.17) is 0 Å². The zero-order chi connectivity index (χ0) is 9.47. The Morgan fingerprint density at radius 3 is 2.08 bits per heavy atom. The van der Waals surface area contributed by atoms with E-state index in [0.29, 0.717) is 5.54 Å². The van der Waals surface area contributed by atoms with Gasteiger partial charge in [0.15, 0.2) is 0 Å². The Kier molecular flexibility index (Phi) is 2.20. The van der Waals surface area contributed by atoms with E-state index in [2.05, 4.69) is 42.7 Å². The van der Waals surface area contributed by atoms with E-state index in [9.17, 15) is 0 Å². The zero-order valence-electron chi connectivity index (χ0n) is 8.95. The van der Waals surface area contributed by atoms with Gasteiger partial charge in [-0.2, -0.15) is 0 Å². The predicted octanol–water partition coefficient (Wildman–Crippen LogP) is 1.34. The maximum absolute atomic E-state index is 2.56. The van der Waals surface area contributed by atoms with Crippen molar-refractivity contribution in [3.8, 4) is 0 Å². The Hall–Kier alpha value is -0.340. The lowest BCUT2D eigenvalue weighted by atomic mass is 9.97. The second kappa shape index (κ2) is 3.10. The number of hydrogen-bond donors (Lipinski definition) is 0. The molecule has 2 rings (SSSR count). The molecule has 1 fully saturated rings. The van der Waals surface area contributed by atoms with Crippen LogP contribution in [0.2, 0.25) is 0 Å². The Bertz CT molecular complexity index is 201. The molecule has 2 heteroatoms. The number of hydrogen-bond acceptors (Lipinski definition) is 2. The van der Waals surface area contributed by atoms with Crippen molar-refractivity contribution in [3.05, 3.63) is 12.2 Å². The third-order valence-electron chi connectivity index (χ3n) is 3.17. The predicted molar refractivity (Wildman–Crippen MR) is 55.8 cm³/mol. The summed E-state index contributed by atoms with van der Waals surface area (Å²) in [5, 5.41) is 0. The van der Waals surface area contributed by atoms with E-state index in [-0.39, 0.29) is 0 Å². The van der Waals surface area contributed by atoms with Crippen molar-refractivity contribution in [1.29, 1.82) is 0 Å². The first-order valence-corrected chi connectivity index (χ1v) is 5.21. The van der Waals surface area contributed by atoms with Crippen LogP contribution in [0.5, 0.6) is 0 Å². The Labute approximate surface area is 81.2 Å². The molecule has 2 heterocycles. The van der Waals surface area contributed by atoms with Crippen molar-refractivity contribution in [3.63, 3.8) is 0 Å². The highest BCUT2D eigenvalue weighted by molar-refractivity contribution is 5.02. The summed E-state index contributed by atoms with van der Waals surface area (Å²) >= 11 is 0. The van der Waals surface area contributed by atoms with Crippen molar-refractivity contribution in [2.75, 3.05) is 26.2 Å². The van der Waals surface area contributed by atoms with Crippen LogP contribution in [0.25, 0.3) is 0 Å². The fraction of sp³-hybridized carbons (Fsp3) is 0.818. The molecule has 0 aromatic carbocycles. The summed E-state index contributed by atoms with van der Waals surface area (Å²) in [6.45, 7) is 11.7. The van der Waals surface area contributed by atoms with Gasteiger partial charge in [0.1, 0.15) is 0 Å². The average Bonchev–Trinajstić information content (AvgIpc) is 2.31. The van der Waals surface area contributed by atoms with Crippen molar-refractivity contribution in [2.45, 2.75) is 32.4 Å². The van der Waals surface area contributed by atoms with Gasteiger partial charge in [0.25, 0.3) is 0 Å². The Morgan fingerprint density at radius 1 is 1.08 bits per heavy atom. The minimum absolute atomic E-state index is 0.365. The van der Waals surface area contributed by atoms with Gasteiger partial charge in [-0.15, -0.1) is 0 Å². The van der Waals surface area contributed by atoms with E-state index in [1.807, 2.05) is 0 Å². The highest BCUT2D eigenvalue weighted by atomic mass is 15.3. The molecule has 0 aromatic heterocycles. The van der Waals surface area contributed by atoms with Crippen LogP contribution in [-0.4, -0.2) is 47.6 Å². The Morgan fingerprint density at radius 2 is 1.62 bits per heavy atom. The van der Waals surface area contributed by atoms with E-state index in [0.717, 1.165) is 6.04 Å². The fourth-order valence-electron chi connectivity index (χ4n) is 2.03. The van der Waals surface area contributed by atoms with Gasteiger partial charge < -0.3 is 0 Å². The van der Waals surface area contributed by atoms with Crippen LogP contribution >= 0.6 is 0 Å². The third kappa shape index (κ3) is 1.79. The van der Waals surface area contributed by atoms with Crippen molar-refractivity contribution < 1.29 is 0 Å². The molecule has 0 saturated carbocycles. The maximum Gasteiger partial charge on any atom is 0.0357 e. The van der Waals surface area contributed by atoms with E-state index in [1.165, 1.54) is 26.2 Å². The number of likely N-dealkylation sites (tertiary alicyclic amines) is 1. The molecular formula is C11H20N2. The van der Waals surface area contributed by atoms with Crippen LogP contribution in [0, 0.1) is 0 Å². The van der Waals surface area contributed by atoms with E-state index in [1.54, 1.807) is 0 Å². The molecular weight excluding hydrogens is 160 g/mol. The molecule has 0 aliphatic carbocycles. The first kappa shape index (κ1) is 9.22. The molecule has 0 bridgehead atoms. The lowest BCUT2D eigenvalue weighted by molar-refractivity contribution is -0.0117. The largest absolute Gasteiger partial charge is 0.295 e. The highest BCUT2D eigenvalue weighted by Gasteiger charge is 2.37. The molecule has 74 valence electrons. The molecule has 0 radical (unpaired) electrons. The van der Waals surface area contributed by atoms with Crippen molar-refractivity contribution in [2.24, 2.45) is 0 Å². The van der Waals surface area contributed by atoms with Crippen LogP contribution in [0.3, 0.4) is 0 Å². The summed E-state index contributed by atoms with van der Waals surface area (Å²) in [5.41, 5.74) is 0.365. The van der Waals surface area contributed by atoms with Crippen molar-refractivity contribution >= 4 is 0 Å². The molecule has 2 nitrogen and oxygen atoms in total. The molecule has 13 heavy (non-hydrogen) atoms. The minimum Gasteiger partial charge on any atom is -0.295 e. The summed E-state index contributed by atoms with van der Waals surface area (Å²) in [6, 6.07) is 0.814. The van der Waals surface area contributed by atoms with Gasteiger partial charge in [-0.25, -0.2) is 0 Å². The zero-order valence-corrected chi connectivity index (χ0v) is 8.95. The molecule has 2 aliphatic rings. The standard InChI is InChI=1S/C11H20N2/c1-11(2,3)13-8-10(9-13)12-6-4-5-7-12/h4-5,10H,6-9H2,1-3H3. The molecule has 2 aliphatic heterocycles. The summed E-state index contributed by atoms with van der Waals surface area (Å²) in [4.78, 5) is 5.11. The first-order chi connectivity index (χ1) is 6.07. The summed E-state index contributed by atoms with van der Waals surface area (Å²) in [7, 11) is 0. The molecule has 0 atom stereocenters. The maximum atomic E-state index is 2.56. The number of nitrogens with zero attached hydrogens (tertiary/aromatic N) is 2. The molecule has 0 spiro atoms. The van der Waals surface area contributed by atoms with Crippen LogP contribution in [0.15, 0.2) is 12.2 Å². The van der Waals surface area contributed by atoms with Gasteiger partial charge in [-0.1, -0.05) is 12.2 Å². The Balaban J connectivity index is 1.78. The summed E-state index contributed by atoms with van der Waals surface area (Å²) in [6.07, 6.45) is 4.56. The smallest absolute Gasteiger partial charge is 0.0357 e. The monoisotopic (exact) mass is 180 g/mol. The van der Waals surface area contributed by atoms with Crippen LogP contribution in [-0.2, 0) is 0 Å². The molecule has 0 amide bonds. The second-order valence-electron chi connectivity index (χ2n) is 5.15. The van der Waals surface area contributed by atoms with Crippen molar-refractivity contribution in [1.82, 2.24) is 9.80 Å².